The number of thioether (sulfide) groups is 1. The summed E-state index contributed by atoms with van der Waals surface area (Å²) in [5.74, 6) is 1.64. The molecule has 0 spiro atoms. The van der Waals surface area contributed by atoms with E-state index in [-0.39, 0.29) is 17.3 Å². The number of sulfonamides is 1. The summed E-state index contributed by atoms with van der Waals surface area (Å²) < 4.78 is 32.2. The lowest BCUT2D eigenvalue weighted by atomic mass is 10.3. The second-order valence-corrected chi connectivity index (χ2v) is 7.90. The molecule has 0 bridgehead atoms. The van der Waals surface area contributed by atoms with Gasteiger partial charge in [0, 0.05) is 5.69 Å². The Morgan fingerprint density at radius 3 is 2.79 bits per heavy atom. The SMILES string of the molecule is CCCSCC(=O)Nc1cccc(S(=O)(=O)NCc2ccco2)c1. The Hall–Kier alpha value is -1.77. The van der Waals surface area contributed by atoms with Crippen LogP contribution in [-0.2, 0) is 21.4 Å². The van der Waals surface area contributed by atoms with Gasteiger partial charge in [-0.3, -0.25) is 4.79 Å². The number of hydrogen-bond acceptors (Lipinski definition) is 5. The average Bonchev–Trinajstić information content (AvgIpc) is 3.07. The molecule has 0 fully saturated rings. The summed E-state index contributed by atoms with van der Waals surface area (Å²) in [6.45, 7) is 2.12. The normalized spacial score (nSPS) is 11.4. The molecule has 0 aliphatic rings. The van der Waals surface area contributed by atoms with Crippen molar-refractivity contribution in [1.82, 2.24) is 4.72 Å². The van der Waals surface area contributed by atoms with Gasteiger partial charge in [-0.1, -0.05) is 13.0 Å². The Balaban J connectivity index is 1.99. The predicted octanol–water partition coefficient (Wildman–Crippen LogP) is 2.84. The van der Waals surface area contributed by atoms with Crippen molar-refractivity contribution in [3.63, 3.8) is 0 Å². The molecule has 0 aliphatic carbocycles. The highest BCUT2D eigenvalue weighted by molar-refractivity contribution is 7.99. The predicted molar refractivity (Wildman–Crippen MR) is 95.4 cm³/mol. The molecule has 0 unspecified atom stereocenters. The van der Waals surface area contributed by atoms with Gasteiger partial charge in [0.15, 0.2) is 0 Å². The van der Waals surface area contributed by atoms with Gasteiger partial charge in [0.2, 0.25) is 15.9 Å². The van der Waals surface area contributed by atoms with Crippen LogP contribution in [0.5, 0.6) is 0 Å². The summed E-state index contributed by atoms with van der Waals surface area (Å²) in [5.41, 5.74) is 0.456. The molecule has 1 aromatic carbocycles. The number of benzene rings is 1. The molecule has 8 heteroatoms. The van der Waals surface area contributed by atoms with Crippen LogP contribution in [0.25, 0.3) is 0 Å². The summed E-state index contributed by atoms with van der Waals surface area (Å²) in [6.07, 6.45) is 2.49. The van der Waals surface area contributed by atoms with Crippen molar-refractivity contribution in [3.8, 4) is 0 Å². The van der Waals surface area contributed by atoms with Crippen molar-refractivity contribution in [2.24, 2.45) is 0 Å². The quantitative estimate of drug-likeness (QED) is 0.665. The molecule has 1 heterocycles. The van der Waals surface area contributed by atoms with Crippen molar-refractivity contribution in [2.45, 2.75) is 24.8 Å². The topological polar surface area (TPSA) is 88.4 Å². The summed E-state index contributed by atoms with van der Waals surface area (Å²) in [5, 5.41) is 2.71. The number of nitrogens with one attached hydrogen (secondary N) is 2. The van der Waals surface area contributed by atoms with Crippen LogP contribution >= 0.6 is 11.8 Å². The van der Waals surface area contributed by atoms with Crippen molar-refractivity contribution in [2.75, 3.05) is 16.8 Å². The first kappa shape index (κ1) is 18.6. The third-order valence-electron chi connectivity index (χ3n) is 3.03. The van der Waals surface area contributed by atoms with Gasteiger partial charge >= 0.3 is 0 Å². The molecule has 0 atom stereocenters. The summed E-state index contributed by atoms with van der Waals surface area (Å²) in [4.78, 5) is 11.9. The molecule has 0 radical (unpaired) electrons. The van der Waals surface area contributed by atoms with E-state index >= 15 is 0 Å². The second-order valence-electron chi connectivity index (χ2n) is 5.03. The first-order valence-electron chi connectivity index (χ1n) is 7.51. The third kappa shape index (κ3) is 5.70. The fraction of sp³-hybridized carbons (Fsp3) is 0.312. The third-order valence-corrected chi connectivity index (χ3v) is 5.59. The molecular weight excluding hydrogens is 348 g/mol. The Kier molecular flexibility index (Phi) is 6.89. The molecule has 0 saturated heterocycles. The van der Waals surface area contributed by atoms with Crippen molar-refractivity contribution < 1.29 is 17.6 Å². The molecule has 1 aromatic heterocycles. The molecule has 24 heavy (non-hydrogen) atoms. The van der Waals surface area contributed by atoms with Crippen molar-refractivity contribution in [1.29, 1.82) is 0 Å². The van der Waals surface area contributed by atoms with Gasteiger partial charge in [0.05, 0.1) is 23.5 Å². The van der Waals surface area contributed by atoms with Crippen molar-refractivity contribution >= 4 is 33.4 Å². The van der Waals surface area contributed by atoms with E-state index in [0.29, 0.717) is 17.2 Å². The van der Waals surface area contributed by atoms with E-state index in [0.717, 1.165) is 12.2 Å². The van der Waals surface area contributed by atoms with E-state index in [4.69, 9.17) is 4.42 Å². The first-order chi connectivity index (χ1) is 11.5. The van der Waals surface area contributed by atoms with E-state index in [1.807, 2.05) is 0 Å². The maximum absolute atomic E-state index is 12.3. The molecule has 2 N–H and O–H groups in total. The summed E-state index contributed by atoms with van der Waals surface area (Å²) >= 11 is 1.54. The van der Waals surface area contributed by atoms with E-state index in [9.17, 15) is 13.2 Å². The standard InChI is InChI=1S/C16H20N2O4S2/c1-2-9-23-12-16(19)18-13-5-3-7-15(10-13)24(20,21)17-11-14-6-4-8-22-14/h3-8,10,17H,2,9,11-12H2,1H3,(H,18,19). The minimum absolute atomic E-state index is 0.0690. The minimum Gasteiger partial charge on any atom is -0.468 e. The lowest BCUT2D eigenvalue weighted by Crippen LogP contribution is -2.23. The smallest absolute Gasteiger partial charge is 0.241 e. The van der Waals surface area contributed by atoms with Crippen LogP contribution < -0.4 is 10.0 Å². The van der Waals surface area contributed by atoms with Gasteiger partial charge < -0.3 is 9.73 Å². The maximum Gasteiger partial charge on any atom is 0.241 e. The molecule has 0 aliphatic heterocycles. The Labute approximate surface area is 146 Å². The fourth-order valence-electron chi connectivity index (χ4n) is 1.91. The number of furan rings is 1. The first-order valence-corrected chi connectivity index (χ1v) is 10.1. The minimum atomic E-state index is -3.68. The maximum atomic E-state index is 12.3. The largest absolute Gasteiger partial charge is 0.468 e. The fourth-order valence-corrected chi connectivity index (χ4v) is 3.64. The summed E-state index contributed by atoms with van der Waals surface area (Å²) in [7, 11) is -3.68. The summed E-state index contributed by atoms with van der Waals surface area (Å²) in [6, 6.07) is 9.55. The number of carbonyl (C=O) groups is 1. The van der Waals surface area contributed by atoms with E-state index in [1.165, 1.54) is 18.4 Å². The zero-order chi connectivity index (χ0) is 17.4. The molecule has 130 valence electrons. The van der Waals surface area contributed by atoms with Crippen LogP contribution in [-0.4, -0.2) is 25.8 Å². The van der Waals surface area contributed by atoms with Crippen LogP contribution in [0.1, 0.15) is 19.1 Å². The van der Waals surface area contributed by atoms with Crippen LogP contribution in [0.2, 0.25) is 0 Å². The Morgan fingerprint density at radius 1 is 1.25 bits per heavy atom. The highest BCUT2D eigenvalue weighted by Gasteiger charge is 2.15. The number of rotatable bonds is 9. The van der Waals surface area contributed by atoms with E-state index < -0.39 is 10.0 Å². The van der Waals surface area contributed by atoms with Gasteiger partial charge in [-0.15, -0.1) is 0 Å². The van der Waals surface area contributed by atoms with Gasteiger partial charge in [0.1, 0.15) is 5.76 Å². The van der Waals surface area contributed by atoms with Crippen LogP contribution in [0, 0.1) is 0 Å². The number of anilines is 1. The highest BCUT2D eigenvalue weighted by Crippen LogP contribution is 2.16. The molecule has 2 rings (SSSR count). The lowest BCUT2D eigenvalue weighted by molar-refractivity contribution is -0.113. The molecule has 2 aromatic rings. The van der Waals surface area contributed by atoms with Gasteiger partial charge in [-0.25, -0.2) is 13.1 Å². The van der Waals surface area contributed by atoms with Gasteiger partial charge in [-0.2, -0.15) is 11.8 Å². The number of amides is 1. The highest BCUT2D eigenvalue weighted by atomic mass is 32.2. The number of hydrogen-bond donors (Lipinski definition) is 2. The van der Waals surface area contributed by atoms with Crippen LogP contribution in [0.3, 0.4) is 0 Å². The molecule has 6 nitrogen and oxygen atoms in total. The number of carbonyl (C=O) groups excluding carboxylic acids is 1. The zero-order valence-corrected chi connectivity index (χ0v) is 15.0. The molecular formula is C16H20N2O4S2. The van der Waals surface area contributed by atoms with Crippen LogP contribution in [0.4, 0.5) is 5.69 Å². The van der Waals surface area contributed by atoms with Crippen molar-refractivity contribution in [3.05, 3.63) is 48.4 Å². The van der Waals surface area contributed by atoms with Gasteiger partial charge in [0.25, 0.3) is 0 Å². The zero-order valence-electron chi connectivity index (χ0n) is 13.3. The van der Waals surface area contributed by atoms with E-state index in [1.54, 1.807) is 36.0 Å². The average molecular weight is 368 g/mol. The monoisotopic (exact) mass is 368 g/mol. The molecule has 1 amide bonds. The molecule has 0 saturated carbocycles. The Bertz CT molecular complexity index is 758. The lowest BCUT2D eigenvalue weighted by Gasteiger charge is -2.09. The van der Waals surface area contributed by atoms with Gasteiger partial charge in [-0.05, 0) is 42.5 Å². The second kappa shape index (κ2) is 8.91. The van der Waals surface area contributed by atoms with Crippen LogP contribution in [0.15, 0.2) is 52.0 Å². The Morgan fingerprint density at radius 2 is 2.08 bits per heavy atom. The van der Waals surface area contributed by atoms with E-state index in [2.05, 4.69) is 17.0 Å².